The van der Waals surface area contributed by atoms with Crippen molar-refractivity contribution in [2.45, 2.75) is 66.2 Å². The zero-order valence-corrected chi connectivity index (χ0v) is 14.5. The van der Waals surface area contributed by atoms with Gasteiger partial charge in [0.05, 0.1) is 4.90 Å². The van der Waals surface area contributed by atoms with Crippen LogP contribution in [0.25, 0.3) is 0 Å². The molecule has 4 heteroatoms. The number of Topliss-reactive ketones (excluding diaryl/α,β-unsaturated/α-hetero) is 1. The molecule has 1 aromatic carbocycles. The van der Waals surface area contributed by atoms with Crippen LogP contribution in [0.2, 0.25) is 0 Å². The van der Waals surface area contributed by atoms with Gasteiger partial charge in [0, 0.05) is 24.3 Å². The molecule has 2 heterocycles. The van der Waals surface area contributed by atoms with E-state index in [4.69, 9.17) is 4.74 Å². The van der Waals surface area contributed by atoms with Crippen molar-refractivity contribution in [2.75, 3.05) is 13.6 Å². The van der Waals surface area contributed by atoms with Gasteiger partial charge in [-0.3, -0.25) is 4.79 Å². The fraction of sp³-hybridized carbons (Fsp3) is 0.632. The fourth-order valence-corrected chi connectivity index (χ4v) is 6.42. The first-order valence-corrected chi connectivity index (χ1v) is 9.67. The van der Waals surface area contributed by atoms with Crippen molar-refractivity contribution in [3.63, 3.8) is 0 Å². The number of fused-ring (bicyclic) bond motifs is 2. The smallest absolute Gasteiger partial charge is 0.159 e. The van der Waals surface area contributed by atoms with Gasteiger partial charge < -0.3 is 9.64 Å². The Hall–Kier alpha value is -1.00. The van der Waals surface area contributed by atoms with E-state index in [2.05, 4.69) is 30.1 Å². The van der Waals surface area contributed by atoms with Gasteiger partial charge >= 0.3 is 0 Å². The Labute approximate surface area is 141 Å². The minimum absolute atomic E-state index is 0.0486. The second-order valence-corrected chi connectivity index (χ2v) is 9.16. The third kappa shape index (κ3) is 1.97. The summed E-state index contributed by atoms with van der Waals surface area (Å²) in [6.45, 7) is 1.10. The third-order valence-corrected chi connectivity index (χ3v) is 7.98. The second-order valence-electron chi connectivity index (χ2n) is 7.78. The Morgan fingerprint density at radius 1 is 1.26 bits per heavy atom. The predicted molar refractivity (Wildman–Crippen MR) is 91.1 cm³/mol. The molecule has 0 aromatic heterocycles. The Bertz CT molecular complexity index is 684. The van der Waals surface area contributed by atoms with Gasteiger partial charge in [0.25, 0.3) is 0 Å². The molecule has 2 aliphatic carbocycles. The van der Waals surface area contributed by atoms with E-state index in [9.17, 15) is 4.79 Å². The molecule has 2 aliphatic heterocycles. The number of hydrogen-bond acceptors (Lipinski definition) is 4. The van der Waals surface area contributed by atoms with Crippen LogP contribution >= 0.6 is 11.8 Å². The minimum Gasteiger partial charge on any atom is -0.475 e. The van der Waals surface area contributed by atoms with Crippen LogP contribution in [0.1, 0.15) is 50.5 Å². The van der Waals surface area contributed by atoms with Crippen molar-refractivity contribution < 1.29 is 9.53 Å². The molecule has 5 rings (SSSR count). The molecule has 3 nitrogen and oxygen atoms in total. The molecule has 3 fully saturated rings. The molecular weight excluding hydrogens is 306 g/mol. The maximum absolute atomic E-state index is 12.0. The van der Waals surface area contributed by atoms with Crippen LogP contribution in [0.15, 0.2) is 23.1 Å². The summed E-state index contributed by atoms with van der Waals surface area (Å²) in [5, 5.41) is 0. The van der Waals surface area contributed by atoms with Gasteiger partial charge in [0.1, 0.15) is 11.5 Å². The molecule has 1 saturated heterocycles. The van der Waals surface area contributed by atoms with E-state index in [1.54, 1.807) is 0 Å². The summed E-state index contributed by atoms with van der Waals surface area (Å²) < 4.78 is 6.22. The normalized spacial score (nSPS) is 34.8. The summed E-state index contributed by atoms with van der Waals surface area (Å²) in [6, 6.07) is 7.23. The summed E-state index contributed by atoms with van der Waals surface area (Å²) in [6.07, 6.45) is 7.29. The Morgan fingerprint density at radius 3 is 2.91 bits per heavy atom. The highest BCUT2D eigenvalue weighted by atomic mass is 32.2. The van der Waals surface area contributed by atoms with Gasteiger partial charge in [0.2, 0.25) is 0 Å². The van der Waals surface area contributed by atoms with Crippen LogP contribution in [-0.2, 0) is 10.2 Å². The SMILES string of the molecule is CN1CC[C@]2(c3ccc4c(c3)SC3(CCC3)O4)CCC(=O)C[C@H]12. The van der Waals surface area contributed by atoms with Crippen molar-refractivity contribution in [1.29, 1.82) is 0 Å². The molecule has 0 bridgehead atoms. The van der Waals surface area contributed by atoms with E-state index in [-0.39, 0.29) is 10.3 Å². The van der Waals surface area contributed by atoms with Crippen molar-refractivity contribution in [3.8, 4) is 5.75 Å². The first-order valence-electron chi connectivity index (χ1n) is 8.85. The summed E-state index contributed by atoms with van der Waals surface area (Å²) in [5.74, 6) is 1.51. The standard InChI is InChI=1S/C19H23NO2S/c1-20-10-9-18(8-5-14(21)12-17(18)20)13-3-4-15-16(11-13)23-19(22-15)6-2-7-19/h3-4,11,17H,2,5-10,12H2,1H3/t17-,18-/m0/s1. The van der Waals surface area contributed by atoms with Crippen molar-refractivity contribution >= 4 is 17.5 Å². The molecule has 2 atom stereocenters. The Balaban J connectivity index is 1.52. The highest BCUT2D eigenvalue weighted by molar-refractivity contribution is 8.01. The maximum Gasteiger partial charge on any atom is 0.159 e. The first-order chi connectivity index (χ1) is 11.1. The summed E-state index contributed by atoms with van der Waals surface area (Å²) in [7, 11) is 2.18. The molecule has 0 radical (unpaired) electrons. The van der Waals surface area contributed by atoms with Gasteiger partial charge in [-0.15, -0.1) is 0 Å². The number of thioether (sulfide) groups is 1. The lowest BCUT2D eigenvalue weighted by atomic mass is 9.66. The number of carbonyl (C=O) groups excluding carboxylic acids is 1. The van der Waals surface area contributed by atoms with Gasteiger partial charge in [-0.2, -0.15) is 0 Å². The number of likely N-dealkylation sites (tertiary alicyclic amines) is 1. The number of hydrogen-bond donors (Lipinski definition) is 0. The number of benzene rings is 1. The number of carbonyl (C=O) groups is 1. The molecule has 0 amide bonds. The van der Waals surface area contributed by atoms with E-state index in [0.29, 0.717) is 11.8 Å². The van der Waals surface area contributed by atoms with Crippen molar-refractivity contribution in [3.05, 3.63) is 23.8 Å². The van der Waals surface area contributed by atoms with Crippen LogP contribution in [-0.4, -0.2) is 35.3 Å². The van der Waals surface area contributed by atoms with Crippen molar-refractivity contribution in [1.82, 2.24) is 4.90 Å². The van der Waals surface area contributed by atoms with Crippen LogP contribution in [0.5, 0.6) is 5.75 Å². The van der Waals surface area contributed by atoms with Gasteiger partial charge in [-0.1, -0.05) is 17.8 Å². The van der Waals surface area contributed by atoms with E-state index >= 15 is 0 Å². The summed E-state index contributed by atoms with van der Waals surface area (Å²) >= 11 is 1.93. The fourth-order valence-electron chi connectivity index (χ4n) is 5.00. The number of ketones is 1. The van der Waals surface area contributed by atoms with E-state index in [1.807, 2.05) is 11.8 Å². The molecular formula is C19H23NO2S. The molecule has 1 aromatic rings. The van der Waals surface area contributed by atoms with Gasteiger partial charge in [-0.25, -0.2) is 0 Å². The highest BCUT2D eigenvalue weighted by Gasteiger charge is 2.51. The zero-order chi connectivity index (χ0) is 15.7. The van der Waals surface area contributed by atoms with Gasteiger partial charge in [0.15, 0.2) is 4.93 Å². The molecule has 2 saturated carbocycles. The molecule has 1 spiro atoms. The van der Waals surface area contributed by atoms with Gasteiger partial charge in [-0.05, 0) is 63.4 Å². The summed E-state index contributed by atoms with van der Waals surface area (Å²) in [4.78, 5) is 15.8. The quantitative estimate of drug-likeness (QED) is 0.785. The van der Waals surface area contributed by atoms with Crippen LogP contribution in [0.3, 0.4) is 0 Å². The average Bonchev–Trinajstić information content (AvgIpc) is 3.06. The number of ether oxygens (including phenoxy) is 1. The van der Waals surface area contributed by atoms with E-state index in [1.165, 1.54) is 36.1 Å². The van der Waals surface area contributed by atoms with E-state index in [0.717, 1.165) is 31.6 Å². The minimum atomic E-state index is 0.0486. The van der Waals surface area contributed by atoms with Crippen LogP contribution in [0, 0.1) is 0 Å². The number of rotatable bonds is 1. The lowest BCUT2D eigenvalue weighted by molar-refractivity contribution is -0.122. The predicted octanol–water partition coefficient (Wildman–Crippen LogP) is 3.75. The molecule has 4 aliphatic rings. The Morgan fingerprint density at radius 2 is 2.13 bits per heavy atom. The second kappa shape index (κ2) is 4.76. The summed E-state index contributed by atoms with van der Waals surface area (Å²) in [5.41, 5.74) is 1.61. The topological polar surface area (TPSA) is 29.5 Å². The van der Waals surface area contributed by atoms with Crippen molar-refractivity contribution in [2.24, 2.45) is 0 Å². The molecule has 0 unspecified atom stereocenters. The molecule has 122 valence electrons. The number of likely N-dealkylation sites (N-methyl/N-ethyl adjacent to an activating group) is 1. The Kier molecular flexibility index (Phi) is 2.97. The lowest BCUT2D eigenvalue weighted by Gasteiger charge is -2.41. The number of nitrogens with zero attached hydrogens (tertiary/aromatic N) is 1. The molecule has 0 N–H and O–H groups in total. The zero-order valence-electron chi connectivity index (χ0n) is 13.6. The van der Waals surface area contributed by atoms with Crippen LogP contribution in [0.4, 0.5) is 0 Å². The average molecular weight is 329 g/mol. The van der Waals surface area contributed by atoms with E-state index < -0.39 is 0 Å². The highest BCUT2D eigenvalue weighted by Crippen LogP contribution is 2.58. The lowest BCUT2D eigenvalue weighted by Crippen LogP contribution is -2.46. The third-order valence-electron chi connectivity index (χ3n) is 6.58. The maximum atomic E-state index is 12.0. The molecule has 23 heavy (non-hydrogen) atoms. The monoisotopic (exact) mass is 329 g/mol. The first kappa shape index (κ1) is 14.4. The van der Waals surface area contributed by atoms with Crippen LogP contribution < -0.4 is 4.74 Å². The largest absolute Gasteiger partial charge is 0.475 e.